The summed E-state index contributed by atoms with van der Waals surface area (Å²) in [6.07, 6.45) is 9.56. The molecule has 0 aromatic heterocycles. The molecule has 2 N–H and O–H groups in total. The molecule has 2 saturated carbocycles. The maximum atomic E-state index is 8.54. The molecule has 2 saturated heterocycles. The summed E-state index contributed by atoms with van der Waals surface area (Å²) in [5, 5.41) is 23.6. The van der Waals surface area contributed by atoms with Gasteiger partial charge in [-0.1, -0.05) is 10.3 Å². The van der Waals surface area contributed by atoms with Crippen LogP contribution in [-0.2, 0) is 0 Å². The minimum atomic E-state index is 0.962. The van der Waals surface area contributed by atoms with Gasteiger partial charge in [0.25, 0.3) is 0 Å². The molecule has 0 bridgehead atoms. The first-order valence-electron chi connectivity index (χ1n) is 9.61. The zero-order chi connectivity index (χ0) is 16.8. The van der Waals surface area contributed by atoms with Crippen molar-refractivity contribution in [3.8, 4) is 0 Å². The van der Waals surface area contributed by atoms with Gasteiger partial charge >= 0.3 is 0 Å². The summed E-state index contributed by atoms with van der Waals surface area (Å²) in [6.45, 7) is 6.93. The standard InChI is InChI=1S/2C9H16N2O/c2*12-10-9-3-5-11(6-4-9)7-8-1-2-8/h2*8,12H,1-7H2. The second-order valence-electron chi connectivity index (χ2n) is 7.82. The van der Waals surface area contributed by atoms with Crippen LogP contribution in [0.25, 0.3) is 0 Å². The van der Waals surface area contributed by atoms with Crippen LogP contribution in [0.4, 0.5) is 0 Å². The van der Waals surface area contributed by atoms with Crippen molar-refractivity contribution in [3.63, 3.8) is 0 Å². The fourth-order valence-electron chi connectivity index (χ4n) is 3.52. The molecular weight excluding hydrogens is 304 g/mol. The van der Waals surface area contributed by atoms with E-state index in [1.807, 2.05) is 0 Å². The van der Waals surface area contributed by atoms with Crippen molar-refractivity contribution in [2.75, 3.05) is 39.3 Å². The highest BCUT2D eigenvalue weighted by Gasteiger charge is 2.26. The van der Waals surface area contributed by atoms with Crippen LogP contribution in [-0.4, -0.2) is 70.9 Å². The molecule has 6 heteroatoms. The van der Waals surface area contributed by atoms with E-state index in [-0.39, 0.29) is 0 Å². The number of rotatable bonds is 4. The number of piperidine rings is 2. The van der Waals surface area contributed by atoms with Crippen molar-refractivity contribution in [1.82, 2.24) is 9.80 Å². The Morgan fingerprint density at radius 3 is 1.25 bits per heavy atom. The molecule has 2 heterocycles. The lowest BCUT2D eigenvalue weighted by Crippen LogP contribution is -2.35. The summed E-state index contributed by atoms with van der Waals surface area (Å²) in [5.74, 6) is 1.97. The van der Waals surface area contributed by atoms with E-state index in [9.17, 15) is 0 Å². The summed E-state index contributed by atoms with van der Waals surface area (Å²) in [4.78, 5) is 4.98. The number of likely N-dealkylation sites (tertiary alicyclic amines) is 2. The number of nitrogens with zero attached hydrogens (tertiary/aromatic N) is 4. The van der Waals surface area contributed by atoms with Gasteiger partial charge in [0.15, 0.2) is 0 Å². The van der Waals surface area contributed by atoms with E-state index in [0.29, 0.717) is 0 Å². The van der Waals surface area contributed by atoms with Gasteiger partial charge in [-0.2, -0.15) is 0 Å². The highest BCUT2D eigenvalue weighted by atomic mass is 16.4. The minimum absolute atomic E-state index is 0.962. The summed E-state index contributed by atoms with van der Waals surface area (Å²) >= 11 is 0. The highest BCUT2D eigenvalue weighted by molar-refractivity contribution is 5.85. The number of hydrogen-bond acceptors (Lipinski definition) is 6. The molecule has 4 fully saturated rings. The van der Waals surface area contributed by atoms with Crippen LogP contribution >= 0.6 is 0 Å². The average molecular weight is 336 g/mol. The van der Waals surface area contributed by atoms with Crippen molar-refractivity contribution in [1.29, 1.82) is 0 Å². The van der Waals surface area contributed by atoms with Crippen LogP contribution in [0.2, 0.25) is 0 Å². The minimum Gasteiger partial charge on any atom is -0.411 e. The lowest BCUT2D eigenvalue weighted by Gasteiger charge is -2.26. The smallest absolute Gasteiger partial charge is 0.0596 e. The van der Waals surface area contributed by atoms with Crippen LogP contribution in [0.15, 0.2) is 10.3 Å². The predicted molar refractivity (Wildman–Crippen MR) is 95.2 cm³/mol. The van der Waals surface area contributed by atoms with Gasteiger partial charge in [0.2, 0.25) is 0 Å². The third kappa shape index (κ3) is 6.06. The van der Waals surface area contributed by atoms with E-state index in [4.69, 9.17) is 10.4 Å². The van der Waals surface area contributed by atoms with Crippen LogP contribution in [0.1, 0.15) is 51.4 Å². The Labute approximate surface area is 145 Å². The number of hydrogen-bond donors (Lipinski definition) is 2. The van der Waals surface area contributed by atoms with Crippen molar-refractivity contribution in [3.05, 3.63) is 0 Å². The third-order valence-corrected chi connectivity index (χ3v) is 5.58. The van der Waals surface area contributed by atoms with E-state index in [1.54, 1.807) is 0 Å². The summed E-state index contributed by atoms with van der Waals surface area (Å²) in [6, 6.07) is 0. The van der Waals surface area contributed by atoms with Crippen LogP contribution in [0.3, 0.4) is 0 Å². The molecule has 136 valence electrons. The van der Waals surface area contributed by atoms with E-state index < -0.39 is 0 Å². The molecule has 4 rings (SSSR count). The monoisotopic (exact) mass is 336 g/mol. The van der Waals surface area contributed by atoms with E-state index >= 15 is 0 Å². The summed E-state index contributed by atoms with van der Waals surface area (Å²) < 4.78 is 0. The van der Waals surface area contributed by atoms with Gasteiger partial charge in [0.05, 0.1) is 11.4 Å². The van der Waals surface area contributed by atoms with Gasteiger partial charge in [0.1, 0.15) is 0 Å². The molecule has 2 aliphatic carbocycles. The summed E-state index contributed by atoms with van der Waals surface area (Å²) in [7, 11) is 0. The van der Waals surface area contributed by atoms with Gasteiger partial charge in [-0.15, -0.1) is 0 Å². The number of oxime groups is 2. The van der Waals surface area contributed by atoms with Gasteiger partial charge in [0, 0.05) is 65.0 Å². The predicted octanol–water partition coefficient (Wildman–Crippen LogP) is 2.64. The van der Waals surface area contributed by atoms with Gasteiger partial charge in [-0.25, -0.2) is 0 Å². The molecule has 2 aliphatic heterocycles. The fourth-order valence-corrected chi connectivity index (χ4v) is 3.52. The van der Waals surface area contributed by atoms with Crippen molar-refractivity contribution < 1.29 is 10.4 Å². The van der Waals surface area contributed by atoms with Crippen molar-refractivity contribution >= 4 is 11.4 Å². The average Bonchev–Trinajstić information content (AvgIpc) is 3.54. The second-order valence-corrected chi connectivity index (χ2v) is 7.82. The molecule has 4 aliphatic rings. The molecule has 0 unspecified atom stereocenters. The van der Waals surface area contributed by atoms with Crippen LogP contribution in [0.5, 0.6) is 0 Å². The topological polar surface area (TPSA) is 71.7 Å². The third-order valence-electron chi connectivity index (χ3n) is 5.58. The van der Waals surface area contributed by atoms with Crippen LogP contribution < -0.4 is 0 Å². The van der Waals surface area contributed by atoms with E-state index in [0.717, 1.165) is 75.1 Å². The van der Waals surface area contributed by atoms with Gasteiger partial charge in [-0.3, -0.25) is 0 Å². The van der Waals surface area contributed by atoms with Gasteiger partial charge < -0.3 is 20.2 Å². The fraction of sp³-hybridized carbons (Fsp3) is 0.889. The first kappa shape index (κ1) is 17.7. The Morgan fingerprint density at radius 2 is 1.00 bits per heavy atom. The molecule has 6 nitrogen and oxygen atoms in total. The zero-order valence-electron chi connectivity index (χ0n) is 14.7. The Bertz CT molecular complexity index is 396. The Morgan fingerprint density at radius 1 is 0.667 bits per heavy atom. The molecule has 0 amide bonds. The van der Waals surface area contributed by atoms with Crippen molar-refractivity contribution in [2.24, 2.45) is 22.1 Å². The lowest BCUT2D eigenvalue weighted by atomic mass is 10.1. The van der Waals surface area contributed by atoms with Crippen LogP contribution in [0, 0.1) is 11.8 Å². The van der Waals surface area contributed by atoms with Gasteiger partial charge in [-0.05, 0) is 37.5 Å². The largest absolute Gasteiger partial charge is 0.411 e. The van der Waals surface area contributed by atoms with E-state index in [2.05, 4.69) is 20.1 Å². The Hall–Kier alpha value is -1.14. The summed E-state index contributed by atoms with van der Waals surface area (Å²) in [5.41, 5.74) is 1.95. The maximum Gasteiger partial charge on any atom is 0.0596 e. The molecule has 0 aromatic rings. The lowest BCUT2D eigenvalue weighted by molar-refractivity contribution is 0.254. The normalized spacial score (nSPS) is 25.8. The highest BCUT2D eigenvalue weighted by Crippen LogP contribution is 2.30. The Balaban J connectivity index is 0.000000141. The van der Waals surface area contributed by atoms with Crippen molar-refractivity contribution in [2.45, 2.75) is 51.4 Å². The molecular formula is C18H32N4O2. The molecule has 0 radical (unpaired) electrons. The zero-order valence-corrected chi connectivity index (χ0v) is 14.7. The maximum absolute atomic E-state index is 8.54. The SMILES string of the molecule is ON=C1CCN(CC2CC2)CC1.ON=C1CCN(CC2CC2)CC1. The first-order valence-corrected chi connectivity index (χ1v) is 9.61. The first-order chi connectivity index (χ1) is 11.8. The molecule has 24 heavy (non-hydrogen) atoms. The second kappa shape index (κ2) is 8.81. The molecule has 0 spiro atoms. The molecule has 0 atom stereocenters. The molecule has 0 aromatic carbocycles. The Kier molecular flexibility index (Phi) is 6.49. The van der Waals surface area contributed by atoms with E-state index in [1.165, 1.54) is 38.8 Å². The quantitative estimate of drug-likeness (QED) is 0.611.